The number of nitrogens with one attached hydrogen (secondary N) is 1. The van der Waals surface area contributed by atoms with Crippen molar-refractivity contribution in [3.8, 4) is 0 Å². The second kappa shape index (κ2) is 6.82. The highest BCUT2D eigenvalue weighted by molar-refractivity contribution is 7.83. The molecule has 0 aromatic heterocycles. The van der Waals surface area contributed by atoms with E-state index in [1.165, 1.54) is 0 Å². The lowest BCUT2D eigenvalue weighted by atomic mass is 10.1. The highest BCUT2D eigenvalue weighted by Gasteiger charge is 2.34. The summed E-state index contributed by atoms with van der Waals surface area (Å²) >= 11 is 0. The first kappa shape index (κ1) is 15.7. The molecule has 2 N–H and O–H groups in total. The van der Waals surface area contributed by atoms with Gasteiger partial charge in [-0.3, -0.25) is 9.00 Å². The van der Waals surface area contributed by atoms with Crippen LogP contribution in [0.5, 0.6) is 0 Å². The van der Waals surface area contributed by atoms with Gasteiger partial charge in [-0.15, -0.1) is 0 Å². The van der Waals surface area contributed by atoms with Crippen molar-refractivity contribution < 1.29 is 23.6 Å². The number of carbonyl (C=O) groups is 2. The number of benzene rings is 1. The van der Waals surface area contributed by atoms with Gasteiger partial charge < -0.3 is 15.2 Å². The normalized spacial score (nSPS) is 22.7. The number of ether oxygens (including phenoxy) is 1. The van der Waals surface area contributed by atoms with E-state index in [1.54, 1.807) is 24.5 Å². The molecule has 0 radical (unpaired) electrons. The van der Waals surface area contributed by atoms with Crippen molar-refractivity contribution in [2.45, 2.75) is 30.8 Å². The fraction of sp³-hybridized carbons (Fsp3) is 0.429. The zero-order chi connectivity index (χ0) is 15.4. The second-order valence-electron chi connectivity index (χ2n) is 4.94. The summed E-state index contributed by atoms with van der Waals surface area (Å²) in [5.74, 6) is -0.976. The van der Waals surface area contributed by atoms with Crippen LogP contribution in [0, 0.1) is 0 Å². The van der Waals surface area contributed by atoms with Crippen molar-refractivity contribution in [1.29, 1.82) is 0 Å². The summed E-state index contributed by atoms with van der Waals surface area (Å²) in [5.41, 5.74) is 1.45. The van der Waals surface area contributed by atoms with Gasteiger partial charge in [0.25, 0.3) is 5.91 Å². The van der Waals surface area contributed by atoms with E-state index in [1.807, 2.05) is 6.07 Å². The van der Waals surface area contributed by atoms with E-state index in [4.69, 9.17) is 9.84 Å². The Labute approximate surface area is 125 Å². The quantitative estimate of drug-likeness (QED) is 0.850. The molecule has 2 rings (SSSR count). The molecule has 7 heteroatoms. The smallest absolute Gasteiger partial charge is 0.332 e. The number of anilines is 1. The topological polar surface area (TPSA) is 92.7 Å². The van der Waals surface area contributed by atoms with Gasteiger partial charge in [0.15, 0.2) is 6.10 Å². The van der Waals surface area contributed by atoms with Crippen LogP contribution >= 0.6 is 0 Å². The van der Waals surface area contributed by atoms with Crippen LogP contribution in [0.15, 0.2) is 24.3 Å². The standard InChI is InChI=1S/C14H17NO5S/c1-21(19)8-9-3-2-4-10(7-9)15-13(16)11-5-6-12(20-11)14(17)18/h2-4,7,11-12H,5-6,8H2,1H3,(H,15,16)(H,17,18)/t11-,12+,21?/m0/s1. The first-order chi connectivity index (χ1) is 9.95. The number of rotatable bonds is 5. The second-order valence-corrected chi connectivity index (χ2v) is 6.37. The van der Waals surface area contributed by atoms with Crippen LogP contribution in [0.25, 0.3) is 0 Å². The molecule has 1 aromatic rings. The van der Waals surface area contributed by atoms with Gasteiger partial charge in [0.2, 0.25) is 0 Å². The first-order valence-electron chi connectivity index (χ1n) is 6.54. The van der Waals surface area contributed by atoms with E-state index in [0.717, 1.165) is 5.56 Å². The molecule has 1 heterocycles. The molecule has 1 amide bonds. The molecule has 3 atom stereocenters. The van der Waals surface area contributed by atoms with Crippen LogP contribution < -0.4 is 5.32 Å². The van der Waals surface area contributed by atoms with E-state index >= 15 is 0 Å². The van der Waals surface area contributed by atoms with Crippen LogP contribution in [0.4, 0.5) is 5.69 Å². The average molecular weight is 311 g/mol. The van der Waals surface area contributed by atoms with Gasteiger partial charge in [-0.25, -0.2) is 4.79 Å². The maximum Gasteiger partial charge on any atom is 0.332 e. The molecule has 1 fully saturated rings. The van der Waals surface area contributed by atoms with Gasteiger partial charge in [-0.2, -0.15) is 0 Å². The number of amides is 1. The van der Waals surface area contributed by atoms with Crippen molar-refractivity contribution in [1.82, 2.24) is 0 Å². The largest absolute Gasteiger partial charge is 0.479 e. The van der Waals surface area contributed by atoms with Crippen LogP contribution in [0.1, 0.15) is 18.4 Å². The van der Waals surface area contributed by atoms with E-state index in [2.05, 4.69) is 5.32 Å². The van der Waals surface area contributed by atoms with Crippen LogP contribution in [-0.4, -0.2) is 39.7 Å². The molecule has 0 spiro atoms. The first-order valence-corrected chi connectivity index (χ1v) is 8.26. The van der Waals surface area contributed by atoms with E-state index in [-0.39, 0.29) is 5.91 Å². The zero-order valence-electron chi connectivity index (χ0n) is 11.6. The van der Waals surface area contributed by atoms with Gasteiger partial charge in [0, 0.05) is 28.5 Å². The average Bonchev–Trinajstić information content (AvgIpc) is 2.88. The summed E-state index contributed by atoms with van der Waals surface area (Å²) in [7, 11) is -0.952. The van der Waals surface area contributed by atoms with Gasteiger partial charge >= 0.3 is 5.97 Å². The van der Waals surface area contributed by atoms with Crippen molar-refractivity contribution in [3.05, 3.63) is 29.8 Å². The van der Waals surface area contributed by atoms with E-state index in [0.29, 0.717) is 24.3 Å². The number of hydrogen-bond donors (Lipinski definition) is 2. The molecule has 1 unspecified atom stereocenters. The molecule has 0 bridgehead atoms. The number of carbonyl (C=O) groups excluding carboxylic acids is 1. The minimum Gasteiger partial charge on any atom is -0.479 e. The lowest BCUT2D eigenvalue weighted by Gasteiger charge is -2.12. The third-order valence-corrected chi connectivity index (χ3v) is 3.89. The maximum absolute atomic E-state index is 12.0. The summed E-state index contributed by atoms with van der Waals surface area (Å²) in [6.07, 6.45) is 0.692. The minimum atomic E-state index is -1.04. The Morgan fingerprint density at radius 1 is 1.38 bits per heavy atom. The molecule has 1 aliphatic rings. The summed E-state index contributed by atoms with van der Waals surface area (Å²) < 4.78 is 16.4. The summed E-state index contributed by atoms with van der Waals surface area (Å²) in [5, 5.41) is 11.5. The lowest BCUT2D eigenvalue weighted by Crippen LogP contribution is -2.29. The van der Waals surface area contributed by atoms with Crippen LogP contribution in [0.2, 0.25) is 0 Å². The number of hydrogen-bond acceptors (Lipinski definition) is 4. The highest BCUT2D eigenvalue weighted by atomic mass is 32.2. The Morgan fingerprint density at radius 3 is 2.71 bits per heavy atom. The SMILES string of the molecule is CS(=O)Cc1cccc(NC(=O)[C@@H]2CC[C@H](C(=O)O)O2)c1. The van der Waals surface area contributed by atoms with Gasteiger partial charge in [0.1, 0.15) is 6.10 Å². The number of aliphatic carboxylic acids is 1. The lowest BCUT2D eigenvalue weighted by molar-refractivity contribution is -0.150. The molecular formula is C14H17NO5S. The van der Waals surface area contributed by atoms with Crippen molar-refractivity contribution >= 4 is 28.4 Å². The fourth-order valence-corrected chi connectivity index (χ4v) is 2.86. The molecule has 6 nitrogen and oxygen atoms in total. The summed E-state index contributed by atoms with van der Waals surface area (Å²) in [6, 6.07) is 7.09. The van der Waals surface area contributed by atoms with Gasteiger partial charge in [-0.05, 0) is 30.5 Å². The third kappa shape index (κ3) is 4.37. The molecule has 0 saturated carbocycles. The molecule has 0 aliphatic carbocycles. The molecule has 1 aromatic carbocycles. The Morgan fingerprint density at radius 2 is 2.10 bits per heavy atom. The Balaban J connectivity index is 1.97. The van der Waals surface area contributed by atoms with Crippen LogP contribution in [-0.2, 0) is 30.9 Å². The van der Waals surface area contributed by atoms with Crippen LogP contribution in [0.3, 0.4) is 0 Å². The van der Waals surface area contributed by atoms with E-state index in [9.17, 15) is 13.8 Å². The number of carboxylic acid groups (broad SMARTS) is 1. The van der Waals surface area contributed by atoms with Gasteiger partial charge in [0.05, 0.1) is 0 Å². The van der Waals surface area contributed by atoms with Crippen molar-refractivity contribution in [2.24, 2.45) is 0 Å². The third-order valence-electron chi connectivity index (χ3n) is 3.15. The Bertz CT molecular complexity index is 574. The molecule has 1 saturated heterocycles. The predicted octanol–water partition coefficient (Wildman–Crippen LogP) is 1.14. The highest BCUT2D eigenvalue weighted by Crippen LogP contribution is 2.21. The molecule has 21 heavy (non-hydrogen) atoms. The monoisotopic (exact) mass is 311 g/mol. The Kier molecular flexibility index (Phi) is 5.08. The minimum absolute atomic E-state index is 0.336. The summed E-state index contributed by atoms with van der Waals surface area (Å²) in [6.45, 7) is 0. The maximum atomic E-state index is 12.0. The molecular weight excluding hydrogens is 294 g/mol. The van der Waals surface area contributed by atoms with Crippen molar-refractivity contribution in [2.75, 3.05) is 11.6 Å². The van der Waals surface area contributed by atoms with Gasteiger partial charge in [-0.1, -0.05) is 12.1 Å². The molecule has 114 valence electrons. The van der Waals surface area contributed by atoms with E-state index < -0.39 is 29.0 Å². The summed E-state index contributed by atoms with van der Waals surface area (Å²) in [4.78, 5) is 22.8. The zero-order valence-corrected chi connectivity index (χ0v) is 12.4. The van der Waals surface area contributed by atoms with Crippen molar-refractivity contribution in [3.63, 3.8) is 0 Å². The fourth-order valence-electron chi connectivity index (χ4n) is 2.21. The number of carboxylic acids is 1. The Hall–Kier alpha value is -1.73. The predicted molar refractivity (Wildman–Crippen MR) is 78.4 cm³/mol. The molecule has 1 aliphatic heterocycles.